The topological polar surface area (TPSA) is 8.17 Å². The minimum Gasteiger partial charge on any atom is -0.310 e. The predicted octanol–water partition coefficient (Wildman–Crippen LogP) is 12.3. The monoisotopic (exact) mass is 592 g/mol. The van der Waals surface area contributed by atoms with E-state index < -0.39 is 0 Å². The number of benzene rings is 7. The number of rotatable bonds is 5. The van der Waals surface area contributed by atoms with Crippen molar-refractivity contribution in [2.24, 2.45) is 0 Å². The summed E-state index contributed by atoms with van der Waals surface area (Å²) in [5.74, 6) is 0. The number of anilines is 3. The summed E-state index contributed by atoms with van der Waals surface area (Å²) in [5, 5.41) is 5.10. The largest absolute Gasteiger partial charge is 0.310 e. The van der Waals surface area contributed by atoms with Gasteiger partial charge in [-0.1, -0.05) is 97.1 Å². The highest BCUT2D eigenvalue weighted by molar-refractivity contribution is 7.25. The average molecular weight is 593 g/mol. The van der Waals surface area contributed by atoms with Crippen LogP contribution in [0.15, 0.2) is 170 Å². The van der Waals surface area contributed by atoms with Crippen LogP contribution in [-0.2, 0) is 0 Å². The van der Waals surface area contributed by atoms with E-state index in [2.05, 4.69) is 179 Å². The van der Waals surface area contributed by atoms with Crippen LogP contribution < -0.4 is 4.90 Å². The van der Waals surface area contributed by atoms with E-state index in [0.717, 1.165) is 22.7 Å². The van der Waals surface area contributed by atoms with Crippen LogP contribution in [0.4, 0.5) is 17.1 Å². The molecule has 7 aromatic carbocycles. The number of fused-ring (bicyclic) bond motifs is 6. The Balaban J connectivity index is 1.29. The molecule has 0 fully saturated rings. The summed E-state index contributed by atoms with van der Waals surface area (Å²) in [7, 11) is 0. The molecule has 2 aromatic heterocycles. The number of hydrogen-bond donors (Lipinski definition) is 0. The summed E-state index contributed by atoms with van der Waals surface area (Å²) in [6.45, 7) is 0. The second-order valence-electron chi connectivity index (χ2n) is 11.4. The second-order valence-corrected chi connectivity index (χ2v) is 12.5. The zero-order valence-electron chi connectivity index (χ0n) is 24.5. The Kier molecular flexibility index (Phi) is 6.03. The van der Waals surface area contributed by atoms with Gasteiger partial charge in [0.25, 0.3) is 0 Å². The van der Waals surface area contributed by atoms with E-state index >= 15 is 0 Å². The summed E-state index contributed by atoms with van der Waals surface area (Å²) in [6.07, 6.45) is 0. The van der Waals surface area contributed by atoms with Crippen LogP contribution in [0, 0.1) is 0 Å². The van der Waals surface area contributed by atoms with Crippen LogP contribution in [0.25, 0.3) is 58.8 Å². The molecule has 0 saturated carbocycles. The smallest absolute Gasteiger partial charge is 0.0542 e. The van der Waals surface area contributed by atoms with Gasteiger partial charge in [0.2, 0.25) is 0 Å². The molecule has 45 heavy (non-hydrogen) atoms. The van der Waals surface area contributed by atoms with Gasteiger partial charge in [-0.05, 0) is 83.9 Å². The van der Waals surface area contributed by atoms with Gasteiger partial charge in [0.05, 0.1) is 11.0 Å². The first-order chi connectivity index (χ1) is 22.3. The maximum absolute atomic E-state index is 2.39. The van der Waals surface area contributed by atoms with Crippen molar-refractivity contribution in [2.45, 2.75) is 0 Å². The molecule has 0 aliphatic rings. The van der Waals surface area contributed by atoms with Crippen molar-refractivity contribution in [2.75, 3.05) is 4.90 Å². The number of aromatic nitrogens is 1. The quantitative estimate of drug-likeness (QED) is 0.193. The fraction of sp³-hybridized carbons (Fsp3) is 0. The van der Waals surface area contributed by atoms with Crippen molar-refractivity contribution < 1.29 is 0 Å². The Morgan fingerprint density at radius 1 is 0.378 bits per heavy atom. The van der Waals surface area contributed by atoms with Crippen LogP contribution in [0.2, 0.25) is 0 Å². The van der Waals surface area contributed by atoms with Crippen LogP contribution in [0.1, 0.15) is 0 Å². The normalized spacial score (nSPS) is 11.6. The van der Waals surface area contributed by atoms with E-state index in [1.165, 1.54) is 53.1 Å². The fourth-order valence-corrected chi connectivity index (χ4v) is 7.83. The van der Waals surface area contributed by atoms with Crippen molar-refractivity contribution >= 4 is 70.4 Å². The molecule has 212 valence electrons. The van der Waals surface area contributed by atoms with Gasteiger partial charge in [-0.3, -0.25) is 0 Å². The van der Waals surface area contributed by atoms with Gasteiger partial charge in [0.1, 0.15) is 0 Å². The Hall–Kier alpha value is -5.64. The molecule has 0 aliphatic heterocycles. The molecule has 0 amide bonds. The van der Waals surface area contributed by atoms with Crippen molar-refractivity contribution in [3.63, 3.8) is 0 Å². The number of nitrogens with zero attached hydrogens (tertiary/aromatic N) is 2. The number of para-hydroxylation sites is 2. The lowest BCUT2D eigenvalue weighted by Gasteiger charge is -2.25. The van der Waals surface area contributed by atoms with Crippen LogP contribution in [-0.4, -0.2) is 4.57 Å². The first-order valence-electron chi connectivity index (χ1n) is 15.3. The molecule has 0 unspecified atom stereocenters. The summed E-state index contributed by atoms with van der Waals surface area (Å²) in [5.41, 5.74) is 9.41. The zero-order chi connectivity index (χ0) is 29.7. The highest BCUT2D eigenvalue weighted by atomic mass is 32.1. The van der Waals surface area contributed by atoms with E-state index in [-0.39, 0.29) is 0 Å². The first kappa shape index (κ1) is 25.8. The molecule has 0 bridgehead atoms. The van der Waals surface area contributed by atoms with Gasteiger partial charge in [-0.2, -0.15) is 0 Å². The van der Waals surface area contributed by atoms with Crippen LogP contribution in [0.5, 0.6) is 0 Å². The molecule has 0 radical (unpaired) electrons. The van der Waals surface area contributed by atoms with Gasteiger partial charge in [-0.15, -0.1) is 11.3 Å². The third-order valence-electron chi connectivity index (χ3n) is 8.76. The minimum atomic E-state index is 1.13. The van der Waals surface area contributed by atoms with E-state index in [0.29, 0.717) is 0 Å². The van der Waals surface area contributed by atoms with E-state index in [9.17, 15) is 0 Å². The minimum absolute atomic E-state index is 1.13. The van der Waals surface area contributed by atoms with E-state index in [1.54, 1.807) is 0 Å². The molecule has 3 heteroatoms. The Morgan fingerprint density at radius 2 is 0.978 bits per heavy atom. The van der Waals surface area contributed by atoms with Crippen molar-refractivity contribution in [1.82, 2.24) is 4.57 Å². The zero-order valence-corrected chi connectivity index (χ0v) is 25.3. The lowest BCUT2D eigenvalue weighted by atomic mass is 10.0. The van der Waals surface area contributed by atoms with Crippen LogP contribution >= 0.6 is 11.3 Å². The SMILES string of the molecule is c1ccc(-c2ccc3c(c2)c2cc(N(c4ccccc4)c4ccc5c(c4)sc4ccccc45)ccc2n3-c2ccccc2)cc1. The average Bonchev–Trinajstić information content (AvgIpc) is 3.64. The molecule has 9 rings (SSSR count). The Bertz CT molecular complexity index is 2470. The molecule has 2 heterocycles. The molecule has 0 spiro atoms. The third kappa shape index (κ3) is 4.32. The number of hydrogen-bond acceptors (Lipinski definition) is 2. The molecule has 0 aliphatic carbocycles. The van der Waals surface area contributed by atoms with Gasteiger partial charge >= 0.3 is 0 Å². The van der Waals surface area contributed by atoms with Gasteiger partial charge < -0.3 is 9.47 Å². The van der Waals surface area contributed by atoms with E-state index in [1.807, 2.05) is 11.3 Å². The first-order valence-corrected chi connectivity index (χ1v) is 16.1. The Labute approximate surface area is 265 Å². The third-order valence-corrected chi connectivity index (χ3v) is 9.90. The molecule has 0 atom stereocenters. The van der Waals surface area contributed by atoms with Gasteiger partial charge in [-0.25, -0.2) is 0 Å². The fourth-order valence-electron chi connectivity index (χ4n) is 6.69. The summed E-state index contributed by atoms with van der Waals surface area (Å²) in [6, 6.07) is 61.4. The summed E-state index contributed by atoms with van der Waals surface area (Å²) >= 11 is 1.86. The summed E-state index contributed by atoms with van der Waals surface area (Å²) in [4.78, 5) is 2.38. The van der Waals surface area contributed by atoms with Gasteiger partial charge in [0, 0.05) is 53.7 Å². The predicted molar refractivity (Wildman–Crippen MR) is 194 cm³/mol. The van der Waals surface area contributed by atoms with Crippen LogP contribution in [0.3, 0.4) is 0 Å². The van der Waals surface area contributed by atoms with Crippen molar-refractivity contribution in [3.8, 4) is 16.8 Å². The maximum Gasteiger partial charge on any atom is 0.0542 e. The molecular weight excluding hydrogens is 565 g/mol. The Morgan fingerprint density at radius 3 is 1.78 bits per heavy atom. The maximum atomic E-state index is 2.39. The standard InChI is InChI=1S/C42H28N2S/c1-4-12-29(13-5-1)30-20-24-39-37(26-30)38-27-33(22-25-40(38)44(39)32-16-8-3-9-17-32)43(31-14-6-2-7-15-31)34-21-23-36-35-18-10-11-19-41(35)45-42(36)28-34/h1-28H. The lowest BCUT2D eigenvalue weighted by molar-refractivity contribution is 1.18. The summed E-state index contributed by atoms with van der Waals surface area (Å²) < 4.78 is 5.00. The number of thiophene rings is 1. The van der Waals surface area contributed by atoms with Gasteiger partial charge in [0.15, 0.2) is 0 Å². The van der Waals surface area contributed by atoms with E-state index in [4.69, 9.17) is 0 Å². The molecule has 0 saturated heterocycles. The van der Waals surface area contributed by atoms with Crippen molar-refractivity contribution in [1.29, 1.82) is 0 Å². The molecule has 0 N–H and O–H groups in total. The molecule has 9 aromatic rings. The lowest BCUT2D eigenvalue weighted by Crippen LogP contribution is -2.09. The molecule has 2 nitrogen and oxygen atoms in total. The highest BCUT2D eigenvalue weighted by Gasteiger charge is 2.19. The molecular formula is C42H28N2S. The van der Waals surface area contributed by atoms with Crippen molar-refractivity contribution in [3.05, 3.63) is 170 Å². The second kappa shape index (κ2) is 10.5. The highest BCUT2D eigenvalue weighted by Crippen LogP contribution is 2.43.